The number of nitrogens with one attached hydrogen (secondary N) is 1. The molecule has 0 spiro atoms. The van der Waals surface area contributed by atoms with Crippen molar-refractivity contribution in [1.82, 2.24) is 5.32 Å². The van der Waals surface area contributed by atoms with Crippen molar-refractivity contribution >= 4 is 5.91 Å². The van der Waals surface area contributed by atoms with Crippen LogP contribution in [0.2, 0.25) is 0 Å². The summed E-state index contributed by atoms with van der Waals surface area (Å²) in [6.45, 7) is 8.54. The number of hydrogen-bond donors (Lipinski definition) is 1. The molecular formula is C16H25NO3. The van der Waals surface area contributed by atoms with Gasteiger partial charge in [-0.05, 0) is 17.7 Å². The molecule has 0 aromatic heterocycles. The number of benzene rings is 1. The smallest absolute Gasteiger partial charge is 0.222 e. The molecule has 1 aromatic rings. The Bertz CT molecular complexity index is 467. The zero-order valence-electron chi connectivity index (χ0n) is 13.2. The number of carbonyl (C=O) groups excluding carboxylic acids is 1. The third-order valence-electron chi connectivity index (χ3n) is 3.39. The van der Waals surface area contributed by atoms with Gasteiger partial charge in [0.25, 0.3) is 0 Å². The van der Waals surface area contributed by atoms with E-state index in [1.165, 1.54) is 0 Å². The lowest BCUT2D eigenvalue weighted by Gasteiger charge is -2.27. The molecule has 4 nitrogen and oxygen atoms in total. The molecule has 1 N–H and O–H groups in total. The van der Waals surface area contributed by atoms with Gasteiger partial charge in [-0.1, -0.05) is 33.8 Å². The molecule has 20 heavy (non-hydrogen) atoms. The molecular weight excluding hydrogens is 254 g/mol. The Balaban J connectivity index is 2.89. The Kier molecular flexibility index (Phi) is 5.43. The topological polar surface area (TPSA) is 47.6 Å². The molecule has 0 unspecified atom stereocenters. The van der Waals surface area contributed by atoms with Crippen LogP contribution >= 0.6 is 0 Å². The molecule has 112 valence electrons. The lowest BCUT2D eigenvalue weighted by atomic mass is 9.84. The zero-order valence-corrected chi connectivity index (χ0v) is 13.2. The Hall–Kier alpha value is -1.71. The van der Waals surface area contributed by atoms with Crippen LogP contribution in [0.4, 0.5) is 0 Å². The molecule has 0 radical (unpaired) electrons. The molecule has 0 saturated heterocycles. The van der Waals surface area contributed by atoms with Gasteiger partial charge >= 0.3 is 0 Å². The van der Waals surface area contributed by atoms with E-state index in [1.807, 2.05) is 32.0 Å². The second-order valence-corrected chi connectivity index (χ2v) is 5.83. The minimum atomic E-state index is -0.176. The molecule has 1 rings (SSSR count). The van der Waals surface area contributed by atoms with Crippen LogP contribution in [0, 0.1) is 5.92 Å². The van der Waals surface area contributed by atoms with E-state index in [4.69, 9.17) is 9.47 Å². The van der Waals surface area contributed by atoms with Gasteiger partial charge in [-0.25, -0.2) is 0 Å². The molecule has 0 heterocycles. The average molecular weight is 279 g/mol. The van der Waals surface area contributed by atoms with E-state index in [-0.39, 0.29) is 17.2 Å². The fourth-order valence-electron chi connectivity index (χ4n) is 1.87. The predicted molar refractivity (Wildman–Crippen MR) is 80.4 cm³/mol. The van der Waals surface area contributed by atoms with E-state index in [9.17, 15) is 4.79 Å². The maximum atomic E-state index is 11.7. The average Bonchev–Trinajstić information content (AvgIpc) is 2.43. The normalized spacial score (nSPS) is 11.3. The summed E-state index contributed by atoms with van der Waals surface area (Å²) in [5.41, 5.74) is 0.920. The van der Waals surface area contributed by atoms with Gasteiger partial charge < -0.3 is 14.8 Å². The van der Waals surface area contributed by atoms with E-state index < -0.39 is 0 Å². The van der Waals surface area contributed by atoms with Crippen molar-refractivity contribution in [3.63, 3.8) is 0 Å². The lowest BCUT2D eigenvalue weighted by Crippen LogP contribution is -2.38. The third-order valence-corrected chi connectivity index (χ3v) is 3.39. The summed E-state index contributed by atoms with van der Waals surface area (Å²) in [5, 5.41) is 2.98. The number of ether oxygens (including phenoxy) is 2. The number of hydrogen-bond acceptors (Lipinski definition) is 3. The SMILES string of the molecule is COc1ccc(C(C)(C)CNC(=O)C(C)C)cc1OC. The van der Waals surface area contributed by atoms with Crippen molar-refractivity contribution < 1.29 is 14.3 Å². The van der Waals surface area contributed by atoms with Crippen LogP contribution in [0.15, 0.2) is 18.2 Å². The maximum Gasteiger partial charge on any atom is 0.222 e. The number of rotatable bonds is 6. The Morgan fingerprint density at radius 3 is 2.30 bits per heavy atom. The van der Waals surface area contributed by atoms with E-state index in [2.05, 4.69) is 19.2 Å². The van der Waals surface area contributed by atoms with Gasteiger partial charge in [-0.2, -0.15) is 0 Å². The largest absolute Gasteiger partial charge is 0.493 e. The van der Waals surface area contributed by atoms with Gasteiger partial charge in [-0.3, -0.25) is 4.79 Å². The molecule has 4 heteroatoms. The first-order chi connectivity index (χ1) is 9.31. The number of methoxy groups -OCH3 is 2. The highest BCUT2D eigenvalue weighted by atomic mass is 16.5. The molecule has 0 bridgehead atoms. The first-order valence-corrected chi connectivity index (χ1v) is 6.82. The van der Waals surface area contributed by atoms with E-state index in [1.54, 1.807) is 14.2 Å². The van der Waals surface area contributed by atoms with Crippen LogP contribution in [-0.4, -0.2) is 26.7 Å². The fourth-order valence-corrected chi connectivity index (χ4v) is 1.87. The van der Waals surface area contributed by atoms with Crippen molar-refractivity contribution in [3.8, 4) is 11.5 Å². The van der Waals surface area contributed by atoms with Gasteiger partial charge in [0.05, 0.1) is 14.2 Å². The van der Waals surface area contributed by atoms with Gasteiger partial charge in [0.1, 0.15) is 0 Å². The standard InChI is InChI=1S/C16H25NO3/c1-11(2)15(18)17-10-16(3,4)12-7-8-13(19-5)14(9-12)20-6/h7-9,11H,10H2,1-6H3,(H,17,18). The first-order valence-electron chi connectivity index (χ1n) is 6.82. The number of carbonyl (C=O) groups is 1. The summed E-state index contributed by atoms with van der Waals surface area (Å²) >= 11 is 0. The highest BCUT2D eigenvalue weighted by Gasteiger charge is 2.23. The molecule has 0 atom stereocenters. The van der Waals surface area contributed by atoms with E-state index in [0.29, 0.717) is 18.0 Å². The highest BCUT2D eigenvalue weighted by molar-refractivity contribution is 5.77. The summed E-state index contributed by atoms with van der Waals surface area (Å²) in [5.74, 6) is 1.47. The quantitative estimate of drug-likeness (QED) is 0.871. The molecule has 1 aromatic carbocycles. The maximum absolute atomic E-state index is 11.7. The fraction of sp³-hybridized carbons (Fsp3) is 0.562. The van der Waals surface area contributed by atoms with Crippen LogP contribution in [0.3, 0.4) is 0 Å². The minimum Gasteiger partial charge on any atom is -0.493 e. The van der Waals surface area contributed by atoms with Gasteiger partial charge in [-0.15, -0.1) is 0 Å². The third kappa shape index (κ3) is 3.89. The molecule has 0 aliphatic rings. The monoisotopic (exact) mass is 279 g/mol. The second kappa shape index (κ2) is 6.64. The van der Waals surface area contributed by atoms with Crippen LogP contribution < -0.4 is 14.8 Å². The van der Waals surface area contributed by atoms with Crippen LogP contribution in [0.25, 0.3) is 0 Å². The van der Waals surface area contributed by atoms with Crippen molar-refractivity contribution in [1.29, 1.82) is 0 Å². The first kappa shape index (κ1) is 16.3. The van der Waals surface area contributed by atoms with Crippen molar-refractivity contribution in [3.05, 3.63) is 23.8 Å². The summed E-state index contributed by atoms with van der Waals surface area (Å²) < 4.78 is 10.6. The summed E-state index contributed by atoms with van der Waals surface area (Å²) in [6, 6.07) is 5.85. The minimum absolute atomic E-state index is 0.00352. The van der Waals surface area contributed by atoms with Crippen molar-refractivity contribution in [2.75, 3.05) is 20.8 Å². The van der Waals surface area contributed by atoms with Crippen molar-refractivity contribution in [2.24, 2.45) is 5.92 Å². The lowest BCUT2D eigenvalue weighted by molar-refractivity contribution is -0.124. The van der Waals surface area contributed by atoms with Crippen molar-refractivity contribution in [2.45, 2.75) is 33.1 Å². The molecule has 0 aliphatic heterocycles. The molecule has 1 amide bonds. The molecule has 0 aliphatic carbocycles. The van der Waals surface area contributed by atoms with E-state index in [0.717, 1.165) is 5.56 Å². The molecule has 0 saturated carbocycles. The van der Waals surface area contributed by atoms with Gasteiger partial charge in [0.15, 0.2) is 11.5 Å². The molecule has 0 fully saturated rings. The summed E-state index contributed by atoms with van der Waals surface area (Å²) in [4.78, 5) is 11.7. The summed E-state index contributed by atoms with van der Waals surface area (Å²) in [7, 11) is 3.24. The van der Waals surface area contributed by atoms with Gasteiger partial charge in [0, 0.05) is 17.9 Å². The Labute approximate surface area is 121 Å². The van der Waals surface area contributed by atoms with Crippen LogP contribution in [0.1, 0.15) is 33.3 Å². The highest BCUT2D eigenvalue weighted by Crippen LogP contribution is 2.32. The predicted octanol–water partition coefficient (Wildman–Crippen LogP) is 2.75. The zero-order chi connectivity index (χ0) is 15.3. The summed E-state index contributed by atoms with van der Waals surface area (Å²) in [6.07, 6.45) is 0. The Morgan fingerprint density at radius 1 is 1.20 bits per heavy atom. The Morgan fingerprint density at radius 2 is 1.80 bits per heavy atom. The van der Waals surface area contributed by atoms with Crippen LogP contribution in [-0.2, 0) is 10.2 Å². The van der Waals surface area contributed by atoms with Gasteiger partial charge in [0.2, 0.25) is 5.91 Å². The van der Waals surface area contributed by atoms with E-state index >= 15 is 0 Å². The van der Waals surface area contributed by atoms with Crippen LogP contribution in [0.5, 0.6) is 11.5 Å². The number of amides is 1. The second-order valence-electron chi connectivity index (χ2n) is 5.83.